The molecule has 0 aliphatic carbocycles. The highest BCUT2D eigenvalue weighted by Crippen LogP contribution is 2.26. The summed E-state index contributed by atoms with van der Waals surface area (Å²) in [5, 5.41) is 8.95. The van der Waals surface area contributed by atoms with E-state index in [1.54, 1.807) is 9.47 Å². The fourth-order valence-corrected chi connectivity index (χ4v) is 6.93. The third-order valence-electron chi connectivity index (χ3n) is 5.59. The number of aryl methyl sites for hydroxylation is 3. The Morgan fingerprint density at radius 1 is 1.16 bits per heavy atom. The van der Waals surface area contributed by atoms with E-state index >= 15 is 0 Å². The van der Waals surface area contributed by atoms with Crippen molar-refractivity contribution in [2.75, 3.05) is 26.2 Å². The lowest BCUT2D eigenvalue weighted by molar-refractivity contribution is -0.133. The van der Waals surface area contributed by atoms with Crippen molar-refractivity contribution >= 4 is 39.5 Å². The number of piperazine rings is 1. The number of H-pyrrole nitrogens is 1. The molecule has 1 aliphatic heterocycles. The summed E-state index contributed by atoms with van der Waals surface area (Å²) in [5.74, 6) is 0.518. The van der Waals surface area contributed by atoms with E-state index in [2.05, 4.69) is 10.2 Å². The second kappa shape index (κ2) is 8.89. The number of carbonyl (C=O) groups excluding carboxylic acids is 1. The fourth-order valence-electron chi connectivity index (χ4n) is 4.17. The van der Waals surface area contributed by atoms with Crippen LogP contribution < -0.4 is 0 Å². The summed E-state index contributed by atoms with van der Waals surface area (Å²) >= 11 is 6.84. The van der Waals surface area contributed by atoms with Gasteiger partial charge in [-0.15, -0.1) is 11.3 Å². The van der Waals surface area contributed by atoms with Gasteiger partial charge < -0.3 is 4.90 Å². The normalized spacial score (nSPS) is 15.3. The number of benzene rings is 1. The van der Waals surface area contributed by atoms with Gasteiger partial charge in [-0.05, 0) is 55.6 Å². The van der Waals surface area contributed by atoms with Crippen LogP contribution >= 0.6 is 23.6 Å². The maximum Gasteiger partial charge on any atom is 0.243 e. The highest BCUT2D eigenvalue weighted by molar-refractivity contribution is 7.89. The van der Waals surface area contributed by atoms with Crippen molar-refractivity contribution in [1.29, 1.82) is 0 Å². The van der Waals surface area contributed by atoms with Gasteiger partial charge in [0.1, 0.15) is 6.54 Å². The third kappa shape index (κ3) is 4.29. The van der Waals surface area contributed by atoms with Gasteiger partial charge in [0.2, 0.25) is 15.9 Å². The van der Waals surface area contributed by atoms with Gasteiger partial charge in [-0.1, -0.05) is 23.8 Å². The van der Waals surface area contributed by atoms with Crippen LogP contribution in [0.15, 0.2) is 34.5 Å². The average Bonchev–Trinajstić information content (AvgIpc) is 3.37. The number of amides is 1. The van der Waals surface area contributed by atoms with Gasteiger partial charge in [-0.25, -0.2) is 8.42 Å². The molecule has 0 atom stereocenters. The van der Waals surface area contributed by atoms with Crippen LogP contribution in [0.4, 0.5) is 0 Å². The molecular weight excluding hydrogens is 466 g/mol. The molecule has 0 radical (unpaired) electrons. The molecule has 1 amide bonds. The minimum absolute atomic E-state index is 0.0610. The Bertz CT molecular complexity index is 1280. The number of nitrogens with one attached hydrogen (secondary N) is 1. The lowest BCUT2D eigenvalue weighted by Gasteiger charge is -2.34. The molecule has 1 saturated heterocycles. The van der Waals surface area contributed by atoms with Crippen molar-refractivity contribution in [2.45, 2.75) is 32.2 Å². The fraction of sp³-hybridized carbons (Fsp3) is 0.381. The summed E-state index contributed by atoms with van der Waals surface area (Å²) in [6.45, 7) is 6.86. The predicted octanol–water partition coefficient (Wildman–Crippen LogP) is 3.13. The monoisotopic (exact) mass is 491 g/mol. The van der Waals surface area contributed by atoms with E-state index in [9.17, 15) is 13.2 Å². The van der Waals surface area contributed by atoms with Crippen molar-refractivity contribution in [2.24, 2.45) is 0 Å². The van der Waals surface area contributed by atoms with Crippen molar-refractivity contribution < 1.29 is 13.2 Å². The summed E-state index contributed by atoms with van der Waals surface area (Å²) in [7, 11) is -3.62. The Balaban J connectivity index is 1.46. The van der Waals surface area contributed by atoms with Crippen LogP contribution in [0.3, 0.4) is 0 Å². The molecular formula is C21H25N5O3S3. The maximum atomic E-state index is 13.3. The Morgan fingerprint density at radius 2 is 1.81 bits per heavy atom. The molecule has 0 unspecified atom stereocenters. The SMILES string of the molecule is Cc1cc(C)c(S(=O)(=O)N2CCN(C(=O)Cn3c(-c4cccs4)n[nH]c3=S)CC2)c(C)c1. The second-order valence-electron chi connectivity index (χ2n) is 7.93. The summed E-state index contributed by atoms with van der Waals surface area (Å²) in [6.07, 6.45) is 0. The molecule has 170 valence electrons. The van der Waals surface area contributed by atoms with Crippen LogP contribution in [-0.2, 0) is 21.4 Å². The molecule has 0 bridgehead atoms. The molecule has 1 fully saturated rings. The van der Waals surface area contributed by atoms with Gasteiger partial charge in [-0.3, -0.25) is 14.5 Å². The molecule has 3 aromatic rings. The molecule has 0 spiro atoms. The molecule has 1 N–H and O–H groups in total. The van der Waals surface area contributed by atoms with Crippen molar-refractivity contribution in [3.63, 3.8) is 0 Å². The van der Waals surface area contributed by atoms with Crippen LogP contribution in [0.25, 0.3) is 10.7 Å². The predicted molar refractivity (Wildman–Crippen MR) is 127 cm³/mol. The number of hydrogen-bond acceptors (Lipinski definition) is 6. The van der Waals surface area contributed by atoms with E-state index in [4.69, 9.17) is 12.2 Å². The Morgan fingerprint density at radius 3 is 2.41 bits per heavy atom. The summed E-state index contributed by atoms with van der Waals surface area (Å²) in [5.41, 5.74) is 2.53. The van der Waals surface area contributed by atoms with E-state index in [1.807, 2.05) is 50.4 Å². The number of rotatable bonds is 5. The zero-order valence-electron chi connectivity index (χ0n) is 18.2. The number of aromatic nitrogens is 3. The van der Waals surface area contributed by atoms with E-state index in [0.717, 1.165) is 21.6 Å². The first-order chi connectivity index (χ1) is 15.2. The molecule has 32 heavy (non-hydrogen) atoms. The Kier molecular flexibility index (Phi) is 6.35. The highest BCUT2D eigenvalue weighted by Gasteiger charge is 2.32. The first-order valence-electron chi connectivity index (χ1n) is 10.2. The molecule has 0 saturated carbocycles. The van der Waals surface area contributed by atoms with Gasteiger partial charge in [0, 0.05) is 26.2 Å². The first kappa shape index (κ1) is 22.8. The van der Waals surface area contributed by atoms with Gasteiger partial charge in [0.15, 0.2) is 10.6 Å². The van der Waals surface area contributed by atoms with Crippen LogP contribution in [0.2, 0.25) is 0 Å². The minimum Gasteiger partial charge on any atom is -0.338 e. The van der Waals surface area contributed by atoms with Crippen LogP contribution in [0.1, 0.15) is 16.7 Å². The lowest BCUT2D eigenvalue weighted by atomic mass is 10.1. The molecule has 8 nitrogen and oxygen atoms in total. The second-order valence-corrected chi connectivity index (χ2v) is 11.1. The smallest absolute Gasteiger partial charge is 0.243 e. The molecule has 1 aromatic carbocycles. The molecule has 11 heteroatoms. The van der Waals surface area contributed by atoms with Gasteiger partial charge in [0.25, 0.3) is 0 Å². The summed E-state index contributed by atoms with van der Waals surface area (Å²) in [6, 6.07) is 7.62. The number of carbonyl (C=O) groups is 1. The van der Waals surface area contributed by atoms with Crippen molar-refractivity contribution in [3.05, 3.63) is 51.1 Å². The van der Waals surface area contributed by atoms with Crippen LogP contribution in [0, 0.1) is 25.5 Å². The topological polar surface area (TPSA) is 91.3 Å². The zero-order chi connectivity index (χ0) is 23.0. The van der Waals surface area contributed by atoms with Crippen molar-refractivity contribution in [3.8, 4) is 10.7 Å². The third-order valence-corrected chi connectivity index (χ3v) is 8.97. The molecule has 1 aliphatic rings. The number of sulfonamides is 1. The molecule has 2 aromatic heterocycles. The lowest BCUT2D eigenvalue weighted by Crippen LogP contribution is -2.51. The number of aromatic amines is 1. The zero-order valence-corrected chi connectivity index (χ0v) is 20.6. The largest absolute Gasteiger partial charge is 0.338 e. The van der Waals surface area contributed by atoms with Gasteiger partial charge in [0.05, 0.1) is 9.77 Å². The number of thiophene rings is 1. The Labute approximate surface area is 196 Å². The Hall–Kier alpha value is -2.34. The van der Waals surface area contributed by atoms with Crippen molar-refractivity contribution in [1.82, 2.24) is 24.0 Å². The molecule has 4 rings (SSSR count). The number of nitrogens with zero attached hydrogens (tertiary/aromatic N) is 4. The van der Waals surface area contributed by atoms with E-state index in [1.165, 1.54) is 15.6 Å². The van der Waals surface area contributed by atoms with Gasteiger partial charge >= 0.3 is 0 Å². The van der Waals surface area contributed by atoms with Crippen LogP contribution in [0.5, 0.6) is 0 Å². The number of hydrogen-bond donors (Lipinski definition) is 1. The summed E-state index contributed by atoms with van der Waals surface area (Å²) < 4.78 is 30.1. The van der Waals surface area contributed by atoms with E-state index in [-0.39, 0.29) is 25.5 Å². The van der Waals surface area contributed by atoms with Crippen LogP contribution in [-0.4, -0.2) is 64.5 Å². The maximum absolute atomic E-state index is 13.3. The molecule has 3 heterocycles. The first-order valence-corrected chi connectivity index (χ1v) is 13.0. The average molecular weight is 492 g/mol. The standard InChI is InChI=1S/C21H25N5O3S3/c1-14-11-15(2)19(16(3)12-14)32(28,29)25-8-6-24(7-9-25)18(27)13-26-20(22-23-21(26)30)17-5-4-10-31-17/h4-5,10-12H,6-9,13H2,1-3H3,(H,23,30). The van der Waals surface area contributed by atoms with Gasteiger partial charge in [-0.2, -0.15) is 9.40 Å². The highest BCUT2D eigenvalue weighted by atomic mass is 32.2. The summed E-state index contributed by atoms with van der Waals surface area (Å²) in [4.78, 5) is 15.9. The van der Waals surface area contributed by atoms with E-state index < -0.39 is 10.0 Å². The minimum atomic E-state index is -3.62. The quantitative estimate of drug-likeness (QED) is 0.554. The van der Waals surface area contributed by atoms with E-state index in [0.29, 0.717) is 28.6 Å².